The molecule has 132 valence electrons. The Labute approximate surface area is 146 Å². The van der Waals surface area contributed by atoms with Crippen molar-refractivity contribution in [3.8, 4) is 17.2 Å². The van der Waals surface area contributed by atoms with Gasteiger partial charge in [-0.3, -0.25) is 4.79 Å². The van der Waals surface area contributed by atoms with Gasteiger partial charge in [0.15, 0.2) is 11.5 Å². The summed E-state index contributed by atoms with van der Waals surface area (Å²) in [5.41, 5.74) is 1.58. The third-order valence-corrected chi connectivity index (χ3v) is 3.64. The van der Waals surface area contributed by atoms with E-state index in [0.29, 0.717) is 12.3 Å². The molecular formula is C19H21NO5. The van der Waals surface area contributed by atoms with Gasteiger partial charge in [0.05, 0.1) is 13.2 Å². The van der Waals surface area contributed by atoms with Crippen molar-refractivity contribution in [2.45, 2.75) is 6.10 Å². The minimum Gasteiger partial charge on any atom is -0.508 e. The number of phenols is 2. The highest BCUT2D eigenvalue weighted by molar-refractivity contribution is 5.91. The van der Waals surface area contributed by atoms with Crippen LogP contribution in [0.4, 0.5) is 0 Å². The van der Waals surface area contributed by atoms with Crippen LogP contribution < -0.4 is 10.1 Å². The average Bonchev–Trinajstić information content (AvgIpc) is 2.63. The number of carbonyl (C=O) groups excluding carboxylic acids is 1. The van der Waals surface area contributed by atoms with E-state index < -0.39 is 0 Å². The van der Waals surface area contributed by atoms with Crippen molar-refractivity contribution in [2.75, 3.05) is 20.8 Å². The van der Waals surface area contributed by atoms with Gasteiger partial charge in [0, 0.05) is 19.7 Å². The molecule has 0 aliphatic carbocycles. The monoisotopic (exact) mass is 343 g/mol. The molecule has 1 amide bonds. The van der Waals surface area contributed by atoms with E-state index in [0.717, 1.165) is 11.1 Å². The van der Waals surface area contributed by atoms with Crippen LogP contribution in [0.25, 0.3) is 6.08 Å². The predicted octanol–water partition coefficient (Wildman–Crippen LogP) is 2.62. The number of amides is 1. The van der Waals surface area contributed by atoms with Crippen molar-refractivity contribution in [3.63, 3.8) is 0 Å². The number of rotatable bonds is 7. The maximum atomic E-state index is 12.0. The third-order valence-electron chi connectivity index (χ3n) is 3.64. The molecule has 0 aromatic heterocycles. The summed E-state index contributed by atoms with van der Waals surface area (Å²) in [7, 11) is 3.02. The van der Waals surface area contributed by atoms with Crippen molar-refractivity contribution < 1.29 is 24.5 Å². The molecule has 0 aliphatic rings. The summed E-state index contributed by atoms with van der Waals surface area (Å²) in [5, 5.41) is 21.6. The van der Waals surface area contributed by atoms with Gasteiger partial charge in [0.1, 0.15) is 5.75 Å². The summed E-state index contributed by atoms with van der Waals surface area (Å²) >= 11 is 0. The van der Waals surface area contributed by atoms with E-state index in [9.17, 15) is 15.0 Å². The molecule has 2 rings (SSSR count). The average molecular weight is 343 g/mol. The lowest BCUT2D eigenvalue weighted by Gasteiger charge is -2.16. The van der Waals surface area contributed by atoms with Crippen LogP contribution in [0.1, 0.15) is 17.2 Å². The second kappa shape index (κ2) is 8.75. The molecule has 1 atom stereocenters. The number of hydrogen-bond acceptors (Lipinski definition) is 5. The Morgan fingerprint density at radius 2 is 1.88 bits per heavy atom. The van der Waals surface area contributed by atoms with Crippen LogP contribution in [0, 0.1) is 0 Å². The van der Waals surface area contributed by atoms with Gasteiger partial charge in [-0.1, -0.05) is 18.2 Å². The third kappa shape index (κ3) is 5.26. The molecular weight excluding hydrogens is 322 g/mol. The van der Waals surface area contributed by atoms with Crippen molar-refractivity contribution in [1.29, 1.82) is 0 Å². The van der Waals surface area contributed by atoms with E-state index in [-0.39, 0.29) is 23.5 Å². The molecule has 0 heterocycles. The van der Waals surface area contributed by atoms with E-state index in [1.807, 2.05) is 0 Å². The first kappa shape index (κ1) is 18.4. The Kier molecular flexibility index (Phi) is 6.42. The lowest BCUT2D eigenvalue weighted by Crippen LogP contribution is -2.27. The quantitative estimate of drug-likeness (QED) is 0.673. The van der Waals surface area contributed by atoms with Gasteiger partial charge in [0.2, 0.25) is 5.91 Å². The number of phenolic OH excluding ortho intramolecular Hbond substituents is 2. The topological polar surface area (TPSA) is 88.0 Å². The van der Waals surface area contributed by atoms with Crippen LogP contribution in [0.2, 0.25) is 0 Å². The second-order valence-corrected chi connectivity index (χ2v) is 5.33. The van der Waals surface area contributed by atoms with E-state index in [1.54, 1.807) is 49.6 Å². The Hall–Kier alpha value is -2.99. The summed E-state index contributed by atoms with van der Waals surface area (Å²) in [4.78, 5) is 12.0. The Balaban J connectivity index is 1.94. The zero-order valence-electron chi connectivity index (χ0n) is 14.1. The lowest BCUT2D eigenvalue weighted by atomic mass is 10.1. The Morgan fingerprint density at radius 3 is 2.52 bits per heavy atom. The highest BCUT2D eigenvalue weighted by Crippen LogP contribution is 2.26. The molecule has 0 fully saturated rings. The number of benzene rings is 2. The Morgan fingerprint density at radius 1 is 1.16 bits per heavy atom. The number of methoxy groups -OCH3 is 2. The molecule has 0 bridgehead atoms. The van der Waals surface area contributed by atoms with Crippen molar-refractivity contribution in [2.24, 2.45) is 0 Å². The van der Waals surface area contributed by atoms with E-state index in [2.05, 4.69) is 5.32 Å². The highest BCUT2D eigenvalue weighted by atomic mass is 16.5. The smallest absolute Gasteiger partial charge is 0.244 e. The first-order valence-corrected chi connectivity index (χ1v) is 7.68. The molecule has 1 unspecified atom stereocenters. The Bertz CT molecular complexity index is 740. The molecule has 0 saturated heterocycles. The lowest BCUT2D eigenvalue weighted by molar-refractivity contribution is -0.117. The molecule has 0 spiro atoms. The van der Waals surface area contributed by atoms with Crippen LogP contribution in [0.3, 0.4) is 0 Å². The SMILES string of the molecule is COc1cc(C=CC(=O)NCC(OC)c2ccc(O)cc2)ccc1O. The van der Waals surface area contributed by atoms with Gasteiger partial charge in [0.25, 0.3) is 0 Å². The second-order valence-electron chi connectivity index (χ2n) is 5.33. The number of aromatic hydroxyl groups is 2. The van der Waals surface area contributed by atoms with Crippen molar-refractivity contribution in [1.82, 2.24) is 5.32 Å². The molecule has 0 saturated carbocycles. The summed E-state index contributed by atoms with van der Waals surface area (Å²) < 4.78 is 10.4. The predicted molar refractivity (Wildman–Crippen MR) is 94.6 cm³/mol. The minimum absolute atomic E-state index is 0.0425. The number of hydrogen-bond donors (Lipinski definition) is 3. The number of nitrogens with one attached hydrogen (secondary N) is 1. The molecule has 2 aromatic carbocycles. The summed E-state index contributed by atoms with van der Waals surface area (Å²) in [6, 6.07) is 11.4. The first-order valence-electron chi connectivity index (χ1n) is 7.68. The van der Waals surface area contributed by atoms with Crippen LogP contribution in [0.5, 0.6) is 17.2 Å². The molecule has 3 N–H and O–H groups in total. The summed E-state index contributed by atoms with van der Waals surface area (Å²) in [6.07, 6.45) is 2.71. The van der Waals surface area contributed by atoms with E-state index in [1.165, 1.54) is 19.3 Å². The zero-order valence-corrected chi connectivity index (χ0v) is 14.1. The normalized spacial score (nSPS) is 12.1. The number of carbonyl (C=O) groups is 1. The van der Waals surface area contributed by atoms with Gasteiger partial charge in [-0.15, -0.1) is 0 Å². The van der Waals surface area contributed by atoms with Gasteiger partial charge < -0.3 is 25.0 Å². The van der Waals surface area contributed by atoms with Crippen LogP contribution in [-0.4, -0.2) is 36.9 Å². The summed E-state index contributed by atoms with van der Waals surface area (Å²) in [5.74, 6) is 0.290. The van der Waals surface area contributed by atoms with Gasteiger partial charge in [-0.2, -0.15) is 0 Å². The minimum atomic E-state index is -0.313. The van der Waals surface area contributed by atoms with Crippen molar-refractivity contribution in [3.05, 3.63) is 59.7 Å². The molecule has 6 nitrogen and oxygen atoms in total. The van der Waals surface area contributed by atoms with Crippen molar-refractivity contribution >= 4 is 12.0 Å². The van der Waals surface area contributed by atoms with Crippen LogP contribution >= 0.6 is 0 Å². The molecule has 2 aromatic rings. The standard InChI is InChI=1S/C19H21NO5/c1-24-17-11-13(3-9-16(17)22)4-10-19(23)20-12-18(25-2)14-5-7-15(21)8-6-14/h3-11,18,21-22H,12H2,1-2H3,(H,20,23). The number of ether oxygens (including phenoxy) is 2. The zero-order chi connectivity index (χ0) is 18.2. The van der Waals surface area contributed by atoms with Gasteiger partial charge in [-0.25, -0.2) is 0 Å². The fourth-order valence-electron chi connectivity index (χ4n) is 2.25. The largest absolute Gasteiger partial charge is 0.508 e. The summed E-state index contributed by atoms with van der Waals surface area (Å²) in [6.45, 7) is 0.295. The van der Waals surface area contributed by atoms with E-state index in [4.69, 9.17) is 9.47 Å². The fourth-order valence-corrected chi connectivity index (χ4v) is 2.25. The maximum Gasteiger partial charge on any atom is 0.244 e. The molecule has 25 heavy (non-hydrogen) atoms. The van der Waals surface area contributed by atoms with E-state index >= 15 is 0 Å². The van der Waals surface area contributed by atoms with Crippen LogP contribution in [0.15, 0.2) is 48.5 Å². The van der Waals surface area contributed by atoms with Gasteiger partial charge >= 0.3 is 0 Å². The van der Waals surface area contributed by atoms with Gasteiger partial charge in [-0.05, 0) is 41.5 Å². The molecule has 0 aliphatic heterocycles. The fraction of sp³-hybridized carbons (Fsp3) is 0.211. The molecule has 0 radical (unpaired) electrons. The first-order chi connectivity index (χ1) is 12.0. The molecule has 6 heteroatoms. The highest BCUT2D eigenvalue weighted by Gasteiger charge is 2.11. The van der Waals surface area contributed by atoms with Crippen LogP contribution in [-0.2, 0) is 9.53 Å². The maximum absolute atomic E-state index is 12.0.